The molecule has 0 aliphatic carbocycles. The van der Waals surface area contributed by atoms with Crippen molar-refractivity contribution >= 4 is 21.4 Å². The minimum absolute atomic E-state index is 0.361. The predicted octanol–water partition coefficient (Wildman–Crippen LogP) is 1.91. The lowest BCUT2D eigenvalue weighted by Crippen LogP contribution is -2.24. The number of sulfonamides is 1. The number of thiazole rings is 1. The van der Waals surface area contributed by atoms with E-state index in [0.717, 1.165) is 28.3 Å². The zero-order chi connectivity index (χ0) is 14.6. The lowest BCUT2D eigenvalue weighted by atomic mass is 10.2. The van der Waals surface area contributed by atoms with Gasteiger partial charge in [-0.05, 0) is 12.1 Å². The predicted molar refractivity (Wildman–Crippen MR) is 80.7 cm³/mol. The van der Waals surface area contributed by atoms with Gasteiger partial charge in [0.1, 0.15) is 10.8 Å². The van der Waals surface area contributed by atoms with Gasteiger partial charge in [-0.3, -0.25) is 0 Å². The largest absolute Gasteiger partial charge is 0.497 e. The lowest BCUT2D eigenvalue weighted by Gasteiger charge is -2.01. The SMILES string of the molecule is COc1cccc(-c2nc(CCNS(C)(=O)=O)cs2)c1. The van der Waals surface area contributed by atoms with Crippen LogP contribution in [0.5, 0.6) is 5.75 Å². The van der Waals surface area contributed by atoms with E-state index in [1.165, 1.54) is 11.3 Å². The standard InChI is InChI=1S/C13H16N2O3S2/c1-18-12-5-3-4-10(8-12)13-15-11(9-19-13)6-7-14-20(2,16)17/h3-5,8-9,14H,6-7H2,1-2H3. The van der Waals surface area contributed by atoms with Crippen LogP contribution in [0.15, 0.2) is 29.6 Å². The summed E-state index contributed by atoms with van der Waals surface area (Å²) < 4.78 is 29.6. The van der Waals surface area contributed by atoms with Crippen molar-refractivity contribution in [2.24, 2.45) is 0 Å². The number of hydrogen-bond acceptors (Lipinski definition) is 5. The van der Waals surface area contributed by atoms with Crippen LogP contribution in [0.3, 0.4) is 0 Å². The molecule has 0 spiro atoms. The number of nitrogens with one attached hydrogen (secondary N) is 1. The van der Waals surface area contributed by atoms with Crippen LogP contribution >= 0.6 is 11.3 Å². The molecule has 1 N–H and O–H groups in total. The minimum atomic E-state index is -3.14. The van der Waals surface area contributed by atoms with E-state index in [1.807, 2.05) is 29.6 Å². The van der Waals surface area contributed by atoms with Crippen LogP contribution in [-0.4, -0.2) is 33.3 Å². The van der Waals surface area contributed by atoms with E-state index < -0.39 is 10.0 Å². The maximum atomic E-state index is 11.0. The fraction of sp³-hybridized carbons (Fsp3) is 0.308. The van der Waals surface area contributed by atoms with E-state index >= 15 is 0 Å². The van der Waals surface area contributed by atoms with E-state index in [-0.39, 0.29) is 0 Å². The van der Waals surface area contributed by atoms with Crippen LogP contribution in [0.4, 0.5) is 0 Å². The molecule has 2 aromatic rings. The third kappa shape index (κ3) is 4.29. The van der Waals surface area contributed by atoms with Gasteiger partial charge in [-0.15, -0.1) is 11.3 Å². The highest BCUT2D eigenvalue weighted by molar-refractivity contribution is 7.88. The molecule has 1 heterocycles. The van der Waals surface area contributed by atoms with Crippen molar-refractivity contribution in [3.05, 3.63) is 35.3 Å². The smallest absolute Gasteiger partial charge is 0.208 e. The first-order chi connectivity index (χ1) is 9.48. The molecular formula is C13H16N2O3S2. The van der Waals surface area contributed by atoms with E-state index in [2.05, 4.69) is 9.71 Å². The second-order valence-corrected chi connectivity index (χ2v) is 6.98. The topological polar surface area (TPSA) is 68.3 Å². The van der Waals surface area contributed by atoms with Gasteiger partial charge < -0.3 is 4.74 Å². The highest BCUT2D eigenvalue weighted by Gasteiger charge is 2.07. The first kappa shape index (κ1) is 15.0. The molecule has 7 heteroatoms. The summed E-state index contributed by atoms with van der Waals surface area (Å²) in [4.78, 5) is 4.50. The zero-order valence-electron chi connectivity index (χ0n) is 11.3. The molecule has 0 amide bonds. The second-order valence-electron chi connectivity index (χ2n) is 4.29. The minimum Gasteiger partial charge on any atom is -0.497 e. The molecule has 0 bridgehead atoms. The van der Waals surface area contributed by atoms with Gasteiger partial charge in [0.25, 0.3) is 0 Å². The maximum absolute atomic E-state index is 11.0. The van der Waals surface area contributed by atoms with Gasteiger partial charge >= 0.3 is 0 Å². The molecule has 0 saturated heterocycles. The number of methoxy groups -OCH3 is 1. The molecule has 2 rings (SSSR count). The monoisotopic (exact) mass is 312 g/mol. The Morgan fingerprint density at radius 3 is 2.90 bits per heavy atom. The fourth-order valence-electron chi connectivity index (χ4n) is 1.67. The Morgan fingerprint density at radius 2 is 2.20 bits per heavy atom. The van der Waals surface area contributed by atoms with E-state index in [1.54, 1.807) is 7.11 Å². The summed E-state index contributed by atoms with van der Waals surface area (Å²) >= 11 is 1.54. The van der Waals surface area contributed by atoms with Crippen LogP contribution in [0.25, 0.3) is 10.6 Å². The zero-order valence-corrected chi connectivity index (χ0v) is 12.9. The average molecular weight is 312 g/mol. The van der Waals surface area contributed by atoms with Crippen molar-refractivity contribution in [3.63, 3.8) is 0 Å². The summed E-state index contributed by atoms with van der Waals surface area (Å²) in [5.41, 5.74) is 1.88. The van der Waals surface area contributed by atoms with Gasteiger partial charge in [0.15, 0.2) is 0 Å². The van der Waals surface area contributed by atoms with Crippen LogP contribution in [-0.2, 0) is 16.4 Å². The normalized spacial score (nSPS) is 11.5. The number of ether oxygens (including phenoxy) is 1. The van der Waals surface area contributed by atoms with Gasteiger partial charge in [0.2, 0.25) is 10.0 Å². The summed E-state index contributed by atoms with van der Waals surface area (Å²) in [6.07, 6.45) is 1.73. The van der Waals surface area contributed by atoms with Crippen LogP contribution in [0.2, 0.25) is 0 Å². The lowest BCUT2D eigenvalue weighted by molar-refractivity contribution is 0.415. The fourth-order valence-corrected chi connectivity index (χ4v) is 3.00. The molecule has 0 fully saturated rings. The summed E-state index contributed by atoms with van der Waals surface area (Å²) in [6.45, 7) is 0.361. The quantitative estimate of drug-likeness (QED) is 0.884. The van der Waals surface area contributed by atoms with Crippen molar-refractivity contribution in [3.8, 4) is 16.3 Å². The molecule has 5 nitrogen and oxygen atoms in total. The first-order valence-corrected chi connectivity index (χ1v) is 8.78. The van der Waals surface area contributed by atoms with Gasteiger partial charge in [-0.1, -0.05) is 12.1 Å². The van der Waals surface area contributed by atoms with Crippen LogP contribution in [0.1, 0.15) is 5.69 Å². The highest BCUT2D eigenvalue weighted by Crippen LogP contribution is 2.26. The Balaban J connectivity index is 2.04. The Hall–Kier alpha value is -1.44. The van der Waals surface area contributed by atoms with E-state index in [9.17, 15) is 8.42 Å². The van der Waals surface area contributed by atoms with Gasteiger partial charge in [-0.2, -0.15) is 0 Å². The number of nitrogens with zero attached hydrogens (tertiary/aromatic N) is 1. The Labute approximate surface area is 122 Å². The Kier molecular flexibility index (Phi) is 4.74. The molecule has 0 aliphatic rings. The molecule has 0 aliphatic heterocycles. The van der Waals surface area contributed by atoms with Crippen LogP contribution in [0, 0.1) is 0 Å². The Morgan fingerprint density at radius 1 is 1.40 bits per heavy atom. The molecule has 1 aromatic heterocycles. The summed E-state index contributed by atoms with van der Waals surface area (Å²) in [5.74, 6) is 0.790. The third-order valence-electron chi connectivity index (χ3n) is 2.61. The van der Waals surface area contributed by atoms with E-state index in [0.29, 0.717) is 13.0 Å². The molecule has 108 valence electrons. The average Bonchev–Trinajstić information content (AvgIpc) is 2.86. The summed E-state index contributed by atoms with van der Waals surface area (Å²) in [5, 5.41) is 2.84. The number of aromatic nitrogens is 1. The number of hydrogen-bond donors (Lipinski definition) is 1. The van der Waals surface area contributed by atoms with Gasteiger partial charge in [-0.25, -0.2) is 18.1 Å². The summed E-state index contributed by atoms with van der Waals surface area (Å²) in [7, 11) is -1.51. The molecular weight excluding hydrogens is 296 g/mol. The maximum Gasteiger partial charge on any atom is 0.208 e. The molecule has 0 saturated carbocycles. The number of rotatable bonds is 6. The number of benzene rings is 1. The highest BCUT2D eigenvalue weighted by atomic mass is 32.2. The molecule has 0 atom stereocenters. The Bertz CT molecular complexity index is 680. The third-order valence-corrected chi connectivity index (χ3v) is 4.28. The van der Waals surface area contributed by atoms with Gasteiger partial charge in [0, 0.05) is 23.9 Å². The summed E-state index contributed by atoms with van der Waals surface area (Å²) in [6, 6.07) is 7.70. The van der Waals surface area contributed by atoms with Crippen molar-refractivity contribution in [2.75, 3.05) is 19.9 Å². The van der Waals surface area contributed by atoms with E-state index in [4.69, 9.17) is 4.74 Å². The van der Waals surface area contributed by atoms with Crippen molar-refractivity contribution in [2.45, 2.75) is 6.42 Å². The molecule has 20 heavy (non-hydrogen) atoms. The van der Waals surface area contributed by atoms with Crippen molar-refractivity contribution in [1.82, 2.24) is 9.71 Å². The van der Waals surface area contributed by atoms with Crippen molar-refractivity contribution in [1.29, 1.82) is 0 Å². The first-order valence-electron chi connectivity index (χ1n) is 6.01. The van der Waals surface area contributed by atoms with Crippen LogP contribution < -0.4 is 9.46 Å². The van der Waals surface area contributed by atoms with Gasteiger partial charge in [0.05, 0.1) is 19.1 Å². The molecule has 0 unspecified atom stereocenters. The van der Waals surface area contributed by atoms with Crippen molar-refractivity contribution < 1.29 is 13.2 Å². The molecule has 0 radical (unpaired) electrons. The molecule has 1 aromatic carbocycles. The second kappa shape index (κ2) is 6.34.